The van der Waals surface area contributed by atoms with E-state index in [1.165, 1.54) is 21.9 Å². The molecule has 0 unspecified atom stereocenters. The van der Waals surface area contributed by atoms with Gasteiger partial charge in [0, 0.05) is 37.8 Å². The van der Waals surface area contributed by atoms with E-state index in [1.807, 2.05) is 36.6 Å². The Morgan fingerprint density at radius 2 is 1.77 bits per heavy atom. The number of aryl methyl sites for hydroxylation is 1. The summed E-state index contributed by atoms with van der Waals surface area (Å²) in [5.41, 5.74) is 2.39. The Bertz CT molecular complexity index is 1140. The van der Waals surface area contributed by atoms with Crippen molar-refractivity contribution in [3.63, 3.8) is 0 Å². The number of ether oxygens (including phenoxy) is 1. The molecule has 9 heteroatoms. The largest absolute Gasteiger partial charge is 0.450 e. The highest BCUT2D eigenvalue weighted by Crippen LogP contribution is 2.24. The molecular weight excluding hydrogens is 404 g/mol. The molecule has 0 N–H and O–H groups in total. The molecule has 1 saturated heterocycles. The Hall–Kier alpha value is -3.20. The van der Waals surface area contributed by atoms with Gasteiger partial charge in [0.1, 0.15) is 5.56 Å². The summed E-state index contributed by atoms with van der Waals surface area (Å²) in [7, 11) is 0. The number of rotatable bonds is 3. The van der Waals surface area contributed by atoms with Crippen LogP contribution in [0.3, 0.4) is 0 Å². The molecule has 3 heterocycles. The Labute approximate surface area is 177 Å². The Kier molecular flexibility index (Phi) is 5.54. The third-order valence-corrected chi connectivity index (χ3v) is 5.96. The van der Waals surface area contributed by atoms with E-state index in [9.17, 15) is 14.4 Å². The highest BCUT2D eigenvalue weighted by atomic mass is 32.1. The van der Waals surface area contributed by atoms with Crippen LogP contribution in [0.25, 0.3) is 16.2 Å². The topological polar surface area (TPSA) is 84.2 Å². The van der Waals surface area contributed by atoms with Gasteiger partial charge in [-0.15, -0.1) is 11.3 Å². The van der Waals surface area contributed by atoms with E-state index in [1.54, 1.807) is 16.7 Å². The summed E-state index contributed by atoms with van der Waals surface area (Å²) in [6.45, 7) is 5.49. The molecule has 3 aromatic rings. The van der Waals surface area contributed by atoms with Gasteiger partial charge in [-0.3, -0.25) is 14.0 Å². The van der Waals surface area contributed by atoms with E-state index in [-0.39, 0.29) is 23.1 Å². The van der Waals surface area contributed by atoms with Crippen LogP contribution in [0.5, 0.6) is 0 Å². The lowest BCUT2D eigenvalue weighted by molar-refractivity contribution is 0.0568. The lowest BCUT2D eigenvalue weighted by Crippen LogP contribution is -2.51. The molecule has 0 atom stereocenters. The summed E-state index contributed by atoms with van der Waals surface area (Å²) in [6.07, 6.45) is 0.974. The van der Waals surface area contributed by atoms with E-state index >= 15 is 0 Å². The van der Waals surface area contributed by atoms with Crippen molar-refractivity contribution in [2.24, 2.45) is 0 Å². The standard InChI is InChI=1S/C21H22N4O4S/c1-3-29-21(28)24-10-8-23(9-11-24)18(26)16-12-22-20-25(19(16)27)17(13-30-20)15-6-4-14(2)5-7-15/h4-7,12-13H,3,8-11H2,1-2H3. The van der Waals surface area contributed by atoms with Crippen LogP contribution >= 0.6 is 11.3 Å². The molecule has 1 aliphatic heterocycles. The number of nitrogens with zero attached hydrogens (tertiary/aromatic N) is 4. The van der Waals surface area contributed by atoms with Gasteiger partial charge < -0.3 is 14.5 Å². The highest BCUT2D eigenvalue weighted by Gasteiger charge is 2.27. The first kappa shape index (κ1) is 20.1. The van der Waals surface area contributed by atoms with E-state index in [4.69, 9.17) is 4.74 Å². The average molecular weight is 426 g/mol. The minimum Gasteiger partial charge on any atom is -0.450 e. The molecule has 0 radical (unpaired) electrons. The van der Waals surface area contributed by atoms with E-state index in [0.29, 0.717) is 43.4 Å². The summed E-state index contributed by atoms with van der Waals surface area (Å²) in [6, 6.07) is 7.86. The molecule has 8 nitrogen and oxygen atoms in total. The van der Waals surface area contributed by atoms with Gasteiger partial charge in [0.15, 0.2) is 4.96 Å². The number of carbonyl (C=O) groups excluding carboxylic acids is 2. The first-order chi connectivity index (χ1) is 14.5. The summed E-state index contributed by atoms with van der Waals surface area (Å²) in [4.78, 5) is 46.1. The van der Waals surface area contributed by atoms with Crippen LogP contribution in [-0.4, -0.2) is 64.0 Å². The molecule has 4 rings (SSSR count). The first-order valence-corrected chi connectivity index (χ1v) is 10.6. The van der Waals surface area contributed by atoms with Crippen LogP contribution in [-0.2, 0) is 4.74 Å². The molecule has 0 spiro atoms. The van der Waals surface area contributed by atoms with Crippen LogP contribution < -0.4 is 5.56 Å². The second kappa shape index (κ2) is 8.27. The molecule has 0 saturated carbocycles. The number of aromatic nitrogens is 2. The zero-order chi connectivity index (χ0) is 21.3. The molecule has 156 valence electrons. The van der Waals surface area contributed by atoms with Crippen molar-refractivity contribution < 1.29 is 14.3 Å². The maximum atomic E-state index is 13.2. The fourth-order valence-corrected chi connectivity index (χ4v) is 4.30. The molecule has 1 aliphatic rings. The van der Waals surface area contributed by atoms with Crippen LogP contribution in [0.2, 0.25) is 0 Å². The highest BCUT2D eigenvalue weighted by molar-refractivity contribution is 7.15. The number of amides is 2. The van der Waals surface area contributed by atoms with Gasteiger partial charge in [-0.05, 0) is 19.4 Å². The fraction of sp³-hybridized carbons (Fsp3) is 0.333. The summed E-state index contributed by atoms with van der Waals surface area (Å²) >= 11 is 1.36. The maximum Gasteiger partial charge on any atom is 0.409 e. The predicted molar refractivity (Wildman–Crippen MR) is 114 cm³/mol. The smallest absolute Gasteiger partial charge is 0.409 e. The second-order valence-corrected chi connectivity index (χ2v) is 7.90. The zero-order valence-electron chi connectivity index (χ0n) is 16.8. The number of carbonyl (C=O) groups is 2. The van der Waals surface area contributed by atoms with Crippen LogP contribution in [0.15, 0.2) is 40.6 Å². The van der Waals surface area contributed by atoms with Gasteiger partial charge in [-0.1, -0.05) is 29.8 Å². The van der Waals surface area contributed by atoms with Crippen LogP contribution in [0, 0.1) is 6.92 Å². The molecule has 1 aromatic carbocycles. The fourth-order valence-electron chi connectivity index (χ4n) is 3.44. The SMILES string of the molecule is CCOC(=O)N1CCN(C(=O)c2cnc3scc(-c4ccc(C)cc4)n3c2=O)CC1. The molecular formula is C21H22N4O4S. The van der Waals surface area contributed by atoms with Crippen molar-refractivity contribution >= 4 is 28.3 Å². The summed E-state index contributed by atoms with van der Waals surface area (Å²) in [5, 5.41) is 1.88. The summed E-state index contributed by atoms with van der Waals surface area (Å²) in [5.74, 6) is -0.369. The zero-order valence-corrected chi connectivity index (χ0v) is 17.6. The maximum absolute atomic E-state index is 13.2. The van der Waals surface area contributed by atoms with Gasteiger partial charge in [0.2, 0.25) is 0 Å². The monoisotopic (exact) mass is 426 g/mol. The van der Waals surface area contributed by atoms with Crippen molar-refractivity contribution in [3.05, 3.63) is 57.3 Å². The van der Waals surface area contributed by atoms with Gasteiger partial charge in [0.25, 0.3) is 11.5 Å². The van der Waals surface area contributed by atoms with Gasteiger partial charge in [-0.25, -0.2) is 9.78 Å². The average Bonchev–Trinajstić information content (AvgIpc) is 3.19. The van der Waals surface area contributed by atoms with Crippen LogP contribution in [0.4, 0.5) is 4.79 Å². The van der Waals surface area contributed by atoms with Crippen molar-refractivity contribution in [1.29, 1.82) is 0 Å². The van der Waals surface area contributed by atoms with Gasteiger partial charge >= 0.3 is 6.09 Å². The predicted octanol–water partition coefficient (Wildman–Crippen LogP) is 2.65. The molecule has 2 amide bonds. The first-order valence-electron chi connectivity index (χ1n) is 9.77. The van der Waals surface area contributed by atoms with E-state index in [0.717, 1.165) is 11.1 Å². The number of hydrogen-bond donors (Lipinski definition) is 0. The molecule has 0 aliphatic carbocycles. The van der Waals surface area contributed by atoms with E-state index < -0.39 is 0 Å². The minimum absolute atomic E-state index is 0.0313. The quantitative estimate of drug-likeness (QED) is 0.643. The summed E-state index contributed by atoms with van der Waals surface area (Å²) < 4.78 is 6.50. The van der Waals surface area contributed by atoms with Crippen molar-refractivity contribution in [3.8, 4) is 11.3 Å². The van der Waals surface area contributed by atoms with Gasteiger partial charge in [0.05, 0.1) is 12.3 Å². The number of thiazole rings is 1. The Morgan fingerprint density at radius 1 is 1.10 bits per heavy atom. The lowest BCUT2D eigenvalue weighted by Gasteiger charge is -2.33. The minimum atomic E-state index is -0.381. The Morgan fingerprint density at radius 3 is 2.43 bits per heavy atom. The second-order valence-electron chi connectivity index (χ2n) is 7.06. The van der Waals surface area contributed by atoms with E-state index in [2.05, 4.69) is 4.98 Å². The molecule has 30 heavy (non-hydrogen) atoms. The number of fused-ring (bicyclic) bond motifs is 1. The Balaban J connectivity index is 1.61. The lowest BCUT2D eigenvalue weighted by atomic mass is 10.1. The van der Waals surface area contributed by atoms with Crippen molar-refractivity contribution in [1.82, 2.24) is 19.2 Å². The number of piperazine rings is 1. The van der Waals surface area contributed by atoms with Crippen molar-refractivity contribution in [2.45, 2.75) is 13.8 Å². The third-order valence-electron chi connectivity index (χ3n) is 5.12. The normalized spacial score (nSPS) is 14.2. The number of benzene rings is 1. The molecule has 1 fully saturated rings. The molecule has 0 bridgehead atoms. The van der Waals surface area contributed by atoms with Gasteiger partial charge in [-0.2, -0.15) is 0 Å². The van der Waals surface area contributed by atoms with Crippen LogP contribution in [0.1, 0.15) is 22.8 Å². The number of hydrogen-bond acceptors (Lipinski definition) is 6. The van der Waals surface area contributed by atoms with Crippen molar-refractivity contribution in [2.75, 3.05) is 32.8 Å². The molecule has 2 aromatic heterocycles. The third kappa shape index (κ3) is 3.68.